The van der Waals surface area contributed by atoms with Gasteiger partial charge in [-0.25, -0.2) is 0 Å². The SMILES string of the molecule is CCNc1nnc(N2CCN(Cc3ccc4c(c3)OCO4)CC2)s1. The Bertz CT molecular complexity index is 700. The summed E-state index contributed by atoms with van der Waals surface area (Å²) in [6, 6.07) is 6.20. The number of fused-ring (bicyclic) bond motifs is 1. The second kappa shape index (κ2) is 6.82. The van der Waals surface area contributed by atoms with E-state index in [2.05, 4.69) is 44.4 Å². The maximum absolute atomic E-state index is 5.46. The molecule has 2 aliphatic heterocycles. The molecule has 0 unspecified atom stereocenters. The molecule has 1 N–H and O–H groups in total. The summed E-state index contributed by atoms with van der Waals surface area (Å²) in [6.07, 6.45) is 0. The van der Waals surface area contributed by atoms with E-state index in [1.165, 1.54) is 5.56 Å². The van der Waals surface area contributed by atoms with Gasteiger partial charge in [-0.2, -0.15) is 0 Å². The number of hydrogen-bond acceptors (Lipinski definition) is 8. The highest BCUT2D eigenvalue weighted by Gasteiger charge is 2.21. The highest BCUT2D eigenvalue weighted by Crippen LogP contribution is 2.33. The third-order valence-electron chi connectivity index (χ3n) is 4.23. The first-order chi connectivity index (χ1) is 11.8. The lowest BCUT2D eigenvalue weighted by Crippen LogP contribution is -2.45. The van der Waals surface area contributed by atoms with Crippen molar-refractivity contribution in [2.24, 2.45) is 0 Å². The van der Waals surface area contributed by atoms with Gasteiger partial charge in [0.05, 0.1) is 0 Å². The second-order valence-electron chi connectivity index (χ2n) is 5.87. The van der Waals surface area contributed by atoms with Gasteiger partial charge in [-0.15, -0.1) is 10.2 Å². The quantitative estimate of drug-likeness (QED) is 0.888. The molecular weight excluding hydrogens is 326 g/mol. The Morgan fingerprint density at radius 1 is 1.12 bits per heavy atom. The van der Waals surface area contributed by atoms with Gasteiger partial charge in [-0.1, -0.05) is 17.4 Å². The number of piperazine rings is 1. The van der Waals surface area contributed by atoms with Gasteiger partial charge in [0.2, 0.25) is 17.1 Å². The molecule has 4 rings (SSSR count). The van der Waals surface area contributed by atoms with Crippen molar-refractivity contribution in [3.8, 4) is 11.5 Å². The molecule has 1 aromatic carbocycles. The molecule has 0 saturated carbocycles. The van der Waals surface area contributed by atoms with Crippen molar-refractivity contribution >= 4 is 21.6 Å². The van der Waals surface area contributed by atoms with E-state index in [0.29, 0.717) is 6.79 Å². The highest BCUT2D eigenvalue weighted by atomic mass is 32.1. The molecule has 1 fully saturated rings. The third-order valence-corrected chi connectivity index (χ3v) is 5.17. The lowest BCUT2D eigenvalue weighted by Gasteiger charge is -2.34. The Balaban J connectivity index is 1.32. The zero-order chi connectivity index (χ0) is 16.4. The van der Waals surface area contributed by atoms with Gasteiger partial charge in [0.15, 0.2) is 11.5 Å². The first-order valence-electron chi connectivity index (χ1n) is 8.25. The van der Waals surface area contributed by atoms with Crippen molar-refractivity contribution in [1.82, 2.24) is 15.1 Å². The normalized spacial score (nSPS) is 17.3. The van der Waals surface area contributed by atoms with E-state index in [1.807, 2.05) is 6.07 Å². The van der Waals surface area contributed by atoms with Crippen molar-refractivity contribution in [2.45, 2.75) is 13.5 Å². The van der Waals surface area contributed by atoms with Gasteiger partial charge in [0.25, 0.3) is 0 Å². The number of aromatic nitrogens is 2. The molecule has 128 valence electrons. The van der Waals surface area contributed by atoms with E-state index in [9.17, 15) is 0 Å². The van der Waals surface area contributed by atoms with E-state index >= 15 is 0 Å². The summed E-state index contributed by atoms with van der Waals surface area (Å²) in [5, 5.41) is 13.6. The first-order valence-corrected chi connectivity index (χ1v) is 9.06. The first kappa shape index (κ1) is 15.5. The maximum Gasteiger partial charge on any atom is 0.231 e. The van der Waals surface area contributed by atoms with Crippen molar-refractivity contribution in [1.29, 1.82) is 0 Å². The number of ether oxygens (including phenoxy) is 2. The Hall–Kier alpha value is -2.06. The molecule has 8 heteroatoms. The predicted octanol–water partition coefficient (Wildman–Crippen LogP) is 2.02. The number of hydrogen-bond donors (Lipinski definition) is 1. The van der Waals surface area contributed by atoms with Crippen LogP contribution in [0, 0.1) is 0 Å². The average Bonchev–Trinajstić information content (AvgIpc) is 3.25. The smallest absolute Gasteiger partial charge is 0.231 e. The molecule has 3 heterocycles. The molecule has 0 bridgehead atoms. The van der Waals surface area contributed by atoms with Crippen LogP contribution >= 0.6 is 11.3 Å². The molecule has 7 nitrogen and oxygen atoms in total. The molecule has 24 heavy (non-hydrogen) atoms. The molecule has 0 amide bonds. The van der Waals surface area contributed by atoms with Crippen molar-refractivity contribution in [3.05, 3.63) is 23.8 Å². The molecule has 0 atom stereocenters. The Labute approximate surface area is 145 Å². The van der Waals surface area contributed by atoms with Crippen LogP contribution in [0.1, 0.15) is 12.5 Å². The molecule has 0 spiro atoms. The van der Waals surface area contributed by atoms with Crippen LogP contribution in [-0.2, 0) is 6.54 Å². The fourth-order valence-electron chi connectivity index (χ4n) is 2.96. The van der Waals surface area contributed by atoms with Gasteiger partial charge < -0.3 is 19.7 Å². The summed E-state index contributed by atoms with van der Waals surface area (Å²) < 4.78 is 10.8. The van der Waals surface area contributed by atoms with Crippen LogP contribution in [0.5, 0.6) is 11.5 Å². The Morgan fingerprint density at radius 3 is 2.79 bits per heavy atom. The van der Waals surface area contributed by atoms with Crippen LogP contribution in [0.2, 0.25) is 0 Å². The van der Waals surface area contributed by atoms with Crippen LogP contribution in [0.4, 0.5) is 10.3 Å². The molecule has 2 aliphatic rings. The highest BCUT2D eigenvalue weighted by molar-refractivity contribution is 7.19. The van der Waals surface area contributed by atoms with Crippen LogP contribution in [0.25, 0.3) is 0 Å². The maximum atomic E-state index is 5.46. The molecule has 2 aromatic rings. The van der Waals surface area contributed by atoms with Gasteiger partial charge >= 0.3 is 0 Å². The lowest BCUT2D eigenvalue weighted by atomic mass is 10.1. The van der Waals surface area contributed by atoms with Crippen LogP contribution < -0.4 is 19.7 Å². The van der Waals surface area contributed by atoms with E-state index in [4.69, 9.17) is 9.47 Å². The van der Waals surface area contributed by atoms with E-state index in [-0.39, 0.29) is 0 Å². The number of anilines is 2. The monoisotopic (exact) mass is 347 g/mol. The minimum absolute atomic E-state index is 0.328. The third kappa shape index (κ3) is 3.25. The zero-order valence-electron chi connectivity index (χ0n) is 13.7. The Kier molecular flexibility index (Phi) is 4.40. The van der Waals surface area contributed by atoms with Gasteiger partial charge in [0, 0.05) is 39.3 Å². The zero-order valence-corrected chi connectivity index (χ0v) is 14.5. The lowest BCUT2D eigenvalue weighted by molar-refractivity contribution is 0.174. The second-order valence-corrected chi connectivity index (χ2v) is 6.83. The summed E-state index contributed by atoms with van der Waals surface area (Å²) in [5.74, 6) is 1.70. The minimum Gasteiger partial charge on any atom is -0.454 e. The summed E-state index contributed by atoms with van der Waals surface area (Å²) in [5.41, 5.74) is 1.26. The number of rotatable bonds is 5. The number of nitrogens with zero attached hydrogens (tertiary/aromatic N) is 4. The molecule has 1 saturated heterocycles. The van der Waals surface area contributed by atoms with Gasteiger partial charge in [-0.05, 0) is 24.6 Å². The van der Waals surface area contributed by atoms with Crippen molar-refractivity contribution in [2.75, 3.05) is 49.7 Å². The predicted molar refractivity (Wildman–Crippen MR) is 94.1 cm³/mol. The fourth-order valence-corrected chi connectivity index (χ4v) is 3.83. The van der Waals surface area contributed by atoms with E-state index in [1.54, 1.807) is 11.3 Å². The van der Waals surface area contributed by atoms with Crippen LogP contribution in [0.15, 0.2) is 18.2 Å². The molecule has 0 aliphatic carbocycles. The number of benzene rings is 1. The summed E-state index contributed by atoms with van der Waals surface area (Å²) in [6.45, 7) is 8.19. The summed E-state index contributed by atoms with van der Waals surface area (Å²) in [4.78, 5) is 4.77. The van der Waals surface area contributed by atoms with Gasteiger partial charge in [-0.3, -0.25) is 4.90 Å². The topological polar surface area (TPSA) is 62.8 Å². The van der Waals surface area contributed by atoms with Gasteiger partial charge in [0.1, 0.15) is 0 Å². The molecule has 0 radical (unpaired) electrons. The van der Waals surface area contributed by atoms with Crippen molar-refractivity contribution in [3.63, 3.8) is 0 Å². The van der Waals surface area contributed by atoms with Crippen LogP contribution in [-0.4, -0.2) is 54.6 Å². The average molecular weight is 347 g/mol. The molecular formula is C16H21N5O2S. The van der Waals surface area contributed by atoms with Crippen LogP contribution in [0.3, 0.4) is 0 Å². The summed E-state index contributed by atoms with van der Waals surface area (Å²) in [7, 11) is 0. The van der Waals surface area contributed by atoms with Crippen molar-refractivity contribution < 1.29 is 9.47 Å². The minimum atomic E-state index is 0.328. The number of nitrogens with one attached hydrogen (secondary N) is 1. The van der Waals surface area contributed by atoms with E-state index < -0.39 is 0 Å². The molecule has 1 aromatic heterocycles. The largest absolute Gasteiger partial charge is 0.454 e. The Morgan fingerprint density at radius 2 is 1.96 bits per heavy atom. The standard InChI is InChI=1S/C16H21N5O2S/c1-2-17-15-18-19-16(24-15)21-7-5-20(6-8-21)10-12-3-4-13-14(9-12)23-11-22-13/h3-4,9H,2,5-8,10-11H2,1H3,(H,17,18). The van der Waals surface area contributed by atoms with E-state index in [0.717, 1.165) is 61.0 Å². The summed E-state index contributed by atoms with van der Waals surface area (Å²) >= 11 is 1.63. The fraction of sp³-hybridized carbons (Fsp3) is 0.500.